The lowest BCUT2D eigenvalue weighted by molar-refractivity contribution is 0.483. The average molecular weight is 355 g/mol. The fourth-order valence-corrected chi connectivity index (χ4v) is 3.61. The molecule has 0 saturated heterocycles. The molecule has 0 saturated carbocycles. The molecular formula is C15H15BrO3S. The maximum absolute atomic E-state index is 12.4. The van der Waals surface area contributed by atoms with E-state index in [4.69, 9.17) is 4.18 Å². The van der Waals surface area contributed by atoms with Gasteiger partial charge in [-0.1, -0.05) is 36.8 Å². The molecule has 5 heteroatoms. The molecule has 0 unspecified atom stereocenters. The molecule has 0 spiro atoms. The molecule has 0 bridgehead atoms. The van der Waals surface area contributed by atoms with Gasteiger partial charge in [-0.3, -0.25) is 0 Å². The number of halogens is 1. The first-order chi connectivity index (χ1) is 9.44. The quantitative estimate of drug-likeness (QED) is 0.776. The van der Waals surface area contributed by atoms with E-state index in [1.165, 1.54) is 0 Å². The van der Waals surface area contributed by atoms with Gasteiger partial charge in [-0.25, -0.2) is 0 Å². The zero-order valence-electron chi connectivity index (χ0n) is 11.3. The Kier molecular flexibility index (Phi) is 4.50. The molecule has 0 atom stereocenters. The smallest absolute Gasteiger partial charge is 0.339 e. The van der Waals surface area contributed by atoms with E-state index in [2.05, 4.69) is 15.9 Å². The van der Waals surface area contributed by atoms with Crippen molar-refractivity contribution in [3.8, 4) is 5.75 Å². The lowest BCUT2D eigenvalue weighted by Crippen LogP contribution is -2.12. The van der Waals surface area contributed by atoms with Gasteiger partial charge in [0.2, 0.25) is 0 Å². The van der Waals surface area contributed by atoms with Crippen LogP contribution in [0.25, 0.3) is 0 Å². The van der Waals surface area contributed by atoms with E-state index in [-0.39, 0.29) is 10.6 Å². The molecule has 20 heavy (non-hydrogen) atoms. The summed E-state index contributed by atoms with van der Waals surface area (Å²) in [6.45, 7) is 3.86. The minimum Gasteiger partial charge on any atom is -0.378 e. The van der Waals surface area contributed by atoms with Crippen molar-refractivity contribution < 1.29 is 12.6 Å². The molecule has 2 aromatic rings. The van der Waals surface area contributed by atoms with Crippen LogP contribution in [0, 0.1) is 6.92 Å². The van der Waals surface area contributed by atoms with Gasteiger partial charge in [-0.2, -0.15) is 8.42 Å². The third kappa shape index (κ3) is 3.22. The van der Waals surface area contributed by atoms with Crippen molar-refractivity contribution in [1.29, 1.82) is 0 Å². The minimum atomic E-state index is -3.83. The SMILES string of the molecule is CCc1cc(C)ccc1S(=O)(=O)Oc1ccccc1Br. The third-order valence-corrected chi connectivity index (χ3v) is 4.89. The van der Waals surface area contributed by atoms with Crippen molar-refractivity contribution in [2.24, 2.45) is 0 Å². The maximum atomic E-state index is 12.4. The Balaban J connectivity index is 2.44. The van der Waals surface area contributed by atoms with E-state index in [0.29, 0.717) is 10.9 Å². The summed E-state index contributed by atoms with van der Waals surface area (Å²) < 4.78 is 30.6. The van der Waals surface area contributed by atoms with Crippen LogP contribution in [0.3, 0.4) is 0 Å². The van der Waals surface area contributed by atoms with Crippen LogP contribution in [0.2, 0.25) is 0 Å². The summed E-state index contributed by atoms with van der Waals surface area (Å²) >= 11 is 3.28. The number of rotatable bonds is 4. The first kappa shape index (κ1) is 15.1. The van der Waals surface area contributed by atoms with Crippen molar-refractivity contribution in [2.75, 3.05) is 0 Å². The van der Waals surface area contributed by atoms with Crippen LogP contribution in [0.1, 0.15) is 18.1 Å². The molecule has 3 nitrogen and oxygen atoms in total. The molecule has 0 N–H and O–H groups in total. The lowest BCUT2D eigenvalue weighted by Gasteiger charge is -2.12. The number of hydrogen-bond acceptors (Lipinski definition) is 3. The predicted molar refractivity (Wildman–Crippen MR) is 82.5 cm³/mol. The Bertz CT molecular complexity index is 724. The van der Waals surface area contributed by atoms with E-state index >= 15 is 0 Å². The number of hydrogen-bond donors (Lipinski definition) is 0. The molecule has 0 aromatic heterocycles. The van der Waals surface area contributed by atoms with Crippen LogP contribution in [-0.2, 0) is 16.5 Å². The van der Waals surface area contributed by atoms with E-state index < -0.39 is 10.1 Å². The van der Waals surface area contributed by atoms with Gasteiger partial charge >= 0.3 is 10.1 Å². The number of aryl methyl sites for hydroxylation is 2. The fourth-order valence-electron chi connectivity index (χ4n) is 1.90. The maximum Gasteiger partial charge on any atom is 0.339 e. The highest BCUT2D eigenvalue weighted by Gasteiger charge is 2.21. The Morgan fingerprint density at radius 3 is 2.50 bits per heavy atom. The van der Waals surface area contributed by atoms with Crippen LogP contribution in [0.4, 0.5) is 0 Å². The largest absolute Gasteiger partial charge is 0.378 e. The van der Waals surface area contributed by atoms with Crippen LogP contribution >= 0.6 is 15.9 Å². The van der Waals surface area contributed by atoms with Gasteiger partial charge in [0.1, 0.15) is 4.90 Å². The van der Waals surface area contributed by atoms with Gasteiger partial charge in [0.25, 0.3) is 0 Å². The normalized spacial score (nSPS) is 11.3. The average Bonchev–Trinajstić information content (AvgIpc) is 2.40. The summed E-state index contributed by atoms with van der Waals surface area (Å²) in [5, 5.41) is 0. The molecule has 0 fully saturated rings. The van der Waals surface area contributed by atoms with Crippen molar-refractivity contribution in [3.63, 3.8) is 0 Å². The Morgan fingerprint density at radius 1 is 1.15 bits per heavy atom. The summed E-state index contributed by atoms with van der Waals surface area (Å²) in [6, 6.07) is 12.1. The van der Waals surface area contributed by atoms with Gasteiger partial charge in [0.05, 0.1) is 4.47 Å². The summed E-state index contributed by atoms with van der Waals surface area (Å²) in [5.74, 6) is 0.287. The van der Waals surface area contributed by atoms with Gasteiger partial charge in [-0.05, 0) is 53.0 Å². The monoisotopic (exact) mass is 354 g/mol. The summed E-state index contributed by atoms with van der Waals surface area (Å²) in [7, 11) is -3.83. The van der Waals surface area contributed by atoms with Crippen LogP contribution < -0.4 is 4.18 Å². The summed E-state index contributed by atoms with van der Waals surface area (Å²) in [4.78, 5) is 0.223. The highest BCUT2D eigenvalue weighted by atomic mass is 79.9. The van der Waals surface area contributed by atoms with Crippen molar-refractivity contribution >= 4 is 26.0 Å². The van der Waals surface area contributed by atoms with Gasteiger partial charge < -0.3 is 4.18 Å². The molecule has 2 rings (SSSR count). The van der Waals surface area contributed by atoms with E-state index in [0.717, 1.165) is 11.1 Å². The molecule has 0 amide bonds. The highest BCUT2D eigenvalue weighted by Crippen LogP contribution is 2.28. The minimum absolute atomic E-state index is 0.223. The van der Waals surface area contributed by atoms with E-state index in [1.54, 1.807) is 36.4 Å². The van der Waals surface area contributed by atoms with Gasteiger partial charge in [0, 0.05) is 0 Å². The molecule has 0 radical (unpaired) electrons. The Labute approximate surface area is 127 Å². The van der Waals surface area contributed by atoms with Gasteiger partial charge in [0.15, 0.2) is 5.75 Å². The van der Waals surface area contributed by atoms with Crippen molar-refractivity contribution in [2.45, 2.75) is 25.2 Å². The molecule has 0 aliphatic heterocycles. The molecule has 106 valence electrons. The summed E-state index contributed by atoms with van der Waals surface area (Å²) in [6.07, 6.45) is 0.634. The Hall–Kier alpha value is -1.33. The fraction of sp³-hybridized carbons (Fsp3) is 0.200. The third-order valence-electron chi connectivity index (χ3n) is 2.90. The zero-order valence-corrected chi connectivity index (χ0v) is 13.7. The Morgan fingerprint density at radius 2 is 1.85 bits per heavy atom. The predicted octanol–water partition coefficient (Wildman–Crippen LogP) is 4.09. The lowest BCUT2D eigenvalue weighted by atomic mass is 10.1. The highest BCUT2D eigenvalue weighted by molar-refractivity contribution is 9.10. The molecule has 0 aliphatic rings. The standard InChI is InChI=1S/C15H15BrO3S/c1-3-12-10-11(2)8-9-15(12)20(17,18)19-14-7-5-4-6-13(14)16/h4-10H,3H2,1-2H3. The molecule has 0 aliphatic carbocycles. The van der Waals surface area contributed by atoms with E-state index in [1.807, 2.05) is 19.9 Å². The van der Waals surface area contributed by atoms with Crippen molar-refractivity contribution in [1.82, 2.24) is 0 Å². The van der Waals surface area contributed by atoms with Crippen molar-refractivity contribution in [3.05, 3.63) is 58.1 Å². The molecular weight excluding hydrogens is 340 g/mol. The second-order valence-corrected chi connectivity index (χ2v) is 6.80. The first-order valence-electron chi connectivity index (χ1n) is 6.22. The van der Waals surface area contributed by atoms with Crippen LogP contribution in [-0.4, -0.2) is 8.42 Å². The van der Waals surface area contributed by atoms with Crippen LogP contribution in [0.5, 0.6) is 5.75 Å². The number of para-hydroxylation sites is 1. The second-order valence-electron chi connectivity index (χ2n) is 4.43. The van der Waals surface area contributed by atoms with E-state index in [9.17, 15) is 8.42 Å². The molecule has 0 heterocycles. The topological polar surface area (TPSA) is 43.4 Å². The molecule has 2 aromatic carbocycles. The number of benzene rings is 2. The summed E-state index contributed by atoms with van der Waals surface area (Å²) in [5.41, 5.74) is 1.79. The van der Waals surface area contributed by atoms with Crippen LogP contribution in [0.15, 0.2) is 51.8 Å². The van der Waals surface area contributed by atoms with Gasteiger partial charge in [-0.15, -0.1) is 0 Å². The second kappa shape index (κ2) is 5.97. The zero-order chi connectivity index (χ0) is 14.8. The first-order valence-corrected chi connectivity index (χ1v) is 8.42.